The fraction of sp³-hybridized carbons (Fsp3) is 0.500. The molecule has 0 aromatic heterocycles. The molecule has 0 fully saturated rings. The Labute approximate surface area is 129 Å². The monoisotopic (exact) mass is 309 g/mol. The molecule has 0 spiro atoms. The Bertz CT molecular complexity index is 593. The lowest BCUT2D eigenvalue weighted by molar-refractivity contribution is -0.122. The van der Waals surface area contributed by atoms with Gasteiger partial charge in [0.05, 0.1) is 17.4 Å². The van der Waals surface area contributed by atoms with E-state index < -0.39 is 11.0 Å². The van der Waals surface area contributed by atoms with Gasteiger partial charge in [-0.05, 0) is 45.9 Å². The predicted molar refractivity (Wildman–Crippen MR) is 83.2 cm³/mol. The summed E-state index contributed by atoms with van der Waals surface area (Å²) >= 11 is 5.79. The quantitative estimate of drug-likeness (QED) is 0.867. The van der Waals surface area contributed by atoms with Gasteiger partial charge in [0.2, 0.25) is 5.91 Å². The zero-order valence-corrected chi connectivity index (χ0v) is 13.5. The molecule has 1 aliphatic rings. The fourth-order valence-corrected chi connectivity index (χ4v) is 2.21. The van der Waals surface area contributed by atoms with Crippen molar-refractivity contribution in [3.05, 3.63) is 23.8 Å². The van der Waals surface area contributed by atoms with Crippen LogP contribution in [0, 0.1) is 5.41 Å². The molecule has 2 rings (SSSR count). The number of alkyl halides is 1. The van der Waals surface area contributed by atoms with Crippen molar-refractivity contribution in [3.63, 3.8) is 0 Å². The maximum Gasteiger partial charge on any atom is 0.231 e. The smallest absolute Gasteiger partial charge is 0.231 e. The van der Waals surface area contributed by atoms with Crippen molar-refractivity contribution in [2.24, 2.45) is 5.41 Å². The van der Waals surface area contributed by atoms with E-state index in [-0.39, 0.29) is 17.6 Å². The third kappa shape index (κ3) is 3.38. The van der Waals surface area contributed by atoms with E-state index in [4.69, 9.17) is 16.3 Å². The third-order valence-electron chi connectivity index (χ3n) is 3.46. The molecule has 1 amide bonds. The molecule has 0 atom stereocenters. The van der Waals surface area contributed by atoms with Gasteiger partial charge in [0.15, 0.2) is 5.78 Å². The van der Waals surface area contributed by atoms with Crippen molar-refractivity contribution in [1.29, 1.82) is 0 Å². The van der Waals surface area contributed by atoms with Gasteiger partial charge in [-0.1, -0.05) is 0 Å². The minimum absolute atomic E-state index is 0.0222. The number of benzene rings is 1. The van der Waals surface area contributed by atoms with Crippen LogP contribution in [0.1, 0.15) is 44.5 Å². The first-order valence-corrected chi connectivity index (χ1v) is 7.42. The zero-order chi connectivity index (χ0) is 15.8. The average molecular weight is 310 g/mol. The highest BCUT2D eigenvalue weighted by molar-refractivity contribution is 6.20. The molecular weight excluding hydrogens is 290 g/mol. The van der Waals surface area contributed by atoms with Crippen LogP contribution >= 0.6 is 11.6 Å². The Morgan fingerprint density at radius 1 is 1.43 bits per heavy atom. The van der Waals surface area contributed by atoms with E-state index >= 15 is 0 Å². The number of nitrogens with one attached hydrogen (secondary N) is 1. The second kappa shape index (κ2) is 5.34. The lowest BCUT2D eigenvalue weighted by Crippen LogP contribution is -2.36. The summed E-state index contributed by atoms with van der Waals surface area (Å²) in [6.45, 7) is 7.30. The summed E-state index contributed by atoms with van der Waals surface area (Å²) in [5.74, 6) is 0.627. The van der Waals surface area contributed by atoms with Crippen molar-refractivity contribution in [2.45, 2.75) is 39.7 Å². The molecule has 0 saturated carbocycles. The van der Waals surface area contributed by atoms with E-state index in [1.807, 2.05) is 13.8 Å². The van der Waals surface area contributed by atoms with Gasteiger partial charge in [-0.2, -0.15) is 0 Å². The van der Waals surface area contributed by atoms with E-state index in [1.165, 1.54) is 0 Å². The Hall–Kier alpha value is -1.55. The van der Waals surface area contributed by atoms with Gasteiger partial charge in [-0.15, -0.1) is 11.6 Å². The largest absolute Gasteiger partial charge is 0.487 e. The number of fused-ring (bicyclic) bond motifs is 1. The second-order valence-electron chi connectivity index (χ2n) is 6.64. The number of carbonyl (C=O) groups is 2. The number of hydrogen-bond donors (Lipinski definition) is 1. The molecule has 0 unspecified atom stereocenters. The molecule has 0 bridgehead atoms. The highest BCUT2D eigenvalue weighted by Crippen LogP contribution is 2.34. The lowest BCUT2D eigenvalue weighted by atomic mass is 9.92. The summed E-state index contributed by atoms with van der Waals surface area (Å²) in [6, 6.07) is 5.11. The number of anilines is 1. The van der Waals surface area contributed by atoms with E-state index in [2.05, 4.69) is 5.32 Å². The molecule has 1 aliphatic heterocycles. The normalized spacial score (nSPS) is 16.9. The number of rotatable bonds is 3. The molecule has 1 aromatic carbocycles. The molecule has 5 heteroatoms. The molecule has 1 N–H and O–H groups in total. The Kier molecular flexibility index (Phi) is 4.02. The predicted octanol–water partition coefficient (Wildman–Crippen LogP) is 3.63. The SMILES string of the molecule is CC1(C)CC(=O)c2cc(NC(=O)C(C)(C)CCl)ccc2O1. The van der Waals surface area contributed by atoms with Gasteiger partial charge in [-0.3, -0.25) is 9.59 Å². The van der Waals surface area contributed by atoms with Crippen molar-refractivity contribution >= 4 is 29.0 Å². The standard InChI is InChI=1S/C16H20ClNO3/c1-15(2,9-17)14(20)18-10-5-6-13-11(7-10)12(19)8-16(3,4)21-13/h5-7H,8-9H2,1-4H3,(H,18,20). The zero-order valence-electron chi connectivity index (χ0n) is 12.7. The van der Waals surface area contributed by atoms with Crippen LogP contribution in [0.5, 0.6) is 5.75 Å². The summed E-state index contributed by atoms with van der Waals surface area (Å²) in [4.78, 5) is 24.3. The first-order valence-electron chi connectivity index (χ1n) is 6.88. The number of hydrogen-bond acceptors (Lipinski definition) is 3. The highest BCUT2D eigenvalue weighted by Gasteiger charge is 2.33. The van der Waals surface area contributed by atoms with Gasteiger partial charge in [0, 0.05) is 11.6 Å². The minimum Gasteiger partial charge on any atom is -0.487 e. The van der Waals surface area contributed by atoms with Gasteiger partial charge < -0.3 is 10.1 Å². The molecule has 4 nitrogen and oxygen atoms in total. The van der Waals surface area contributed by atoms with Crippen LogP contribution < -0.4 is 10.1 Å². The van der Waals surface area contributed by atoms with Crippen LogP contribution in [0.2, 0.25) is 0 Å². The topological polar surface area (TPSA) is 55.4 Å². The third-order valence-corrected chi connectivity index (χ3v) is 4.13. The molecule has 0 radical (unpaired) electrons. The van der Waals surface area contributed by atoms with E-state index in [1.54, 1.807) is 32.0 Å². The summed E-state index contributed by atoms with van der Waals surface area (Å²) in [5, 5.41) is 2.79. The molecule has 1 heterocycles. The summed E-state index contributed by atoms with van der Waals surface area (Å²) in [7, 11) is 0. The molecular formula is C16H20ClNO3. The van der Waals surface area contributed by atoms with Crippen LogP contribution in [0.4, 0.5) is 5.69 Å². The van der Waals surface area contributed by atoms with Gasteiger partial charge in [0.25, 0.3) is 0 Å². The molecule has 1 aromatic rings. The lowest BCUT2D eigenvalue weighted by Gasteiger charge is -2.31. The maximum atomic E-state index is 12.2. The number of carbonyl (C=O) groups excluding carboxylic acids is 2. The Morgan fingerprint density at radius 3 is 2.71 bits per heavy atom. The van der Waals surface area contributed by atoms with Crippen LogP contribution in [-0.4, -0.2) is 23.2 Å². The van der Waals surface area contributed by atoms with Crippen molar-refractivity contribution in [3.8, 4) is 5.75 Å². The number of Topliss-reactive ketones (excluding diaryl/α,β-unsaturated/α-hetero) is 1. The Balaban J connectivity index is 2.25. The highest BCUT2D eigenvalue weighted by atomic mass is 35.5. The first-order chi connectivity index (χ1) is 9.64. The van der Waals surface area contributed by atoms with E-state index in [9.17, 15) is 9.59 Å². The van der Waals surface area contributed by atoms with Crippen LogP contribution in [-0.2, 0) is 4.79 Å². The van der Waals surface area contributed by atoms with Crippen LogP contribution in [0.3, 0.4) is 0 Å². The summed E-state index contributed by atoms with van der Waals surface area (Å²) < 4.78 is 5.78. The molecule has 21 heavy (non-hydrogen) atoms. The molecule has 114 valence electrons. The average Bonchev–Trinajstić information content (AvgIpc) is 2.38. The number of ether oxygens (including phenoxy) is 1. The maximum absolute atomic E-state index is 12.2. The first kappa shape index (κ1) is 15.8. The van der Waals surface area contributed by atoms with E-state index in [0.717, 1.165) is 0 Å². The van der Waals surface area contributed by atoms with Crippen molar-refractivity contribution < 1.29 is 14.3 Å². The van der Waals surface area contributed by atoms with Crippen LogP contribution in [0.25, 0.3) is 0 Å². The van der Waals surface area contributed by atoms with E-state index in [0.29, 0.717) is 23.4 Å². The van der Waals surface area contributed by atoms with Crippen molar-refractivity contribution in [2.75, 3.05) is 11.2 Å². The molecule has 0 aliphatic carbocycles. The summed E-state index contributed by atoms with van der Waals surface area (Å²) in [6.07, 6.45) is 0.324. The summed E-state index contributed by atoms with van der Waals surface area (Å²) in [5.41, 5.74) is -0.0699. The Morgan fingerprint density at radius 2 is 2.10 bits per heavy atom. The van der Waals surface area contributed by atoms with Crippen molar-refractivity contribution in [1.82, 2.24) is 0 Å². The molecule has 0 saturated heterocycles. The number of amides is 1. The van der Waals surface area contributed by atoms with Gasteiger partial charge in [0.1, 0.15) is 11.4 Å². The number of ketones is 1. The number of halogens is 1. The van der Waals surface area contributed by atoms with Gasteiger partial charge in [-0.25, -0.2) is 0 Å². The van der Waals surface area contributed by atoms with Gasteiger partial charge >= 0.3 is 0 Å². The second-order valence-corrected chi connectivity index (χ2v) is 6.91. The fourth-order valence-electron chi connectivity index (χ4n) is 2.09. The minimum atomic E-state index is -0.667. The van der Waals surface area contributed by atoms with Crippen LogP contribution in [0.15, 0.2) is 18.2 Å².